The molecular formula is C16H18ClN3O3. The van der Waals surface area contributed by atoms with E-state index in [2.05, 4.69) is 10.2 Å². The monoisotopic (exact) mass is 335 g/mol. The average molecular weight is 336 g/mol. The number of nitrogens with one attached hydrogen (secondary N) is 1. The first-order valence-corrected chi connectivity index (χ1v) is 7.84. The van der Waals surface area contributed by atoms with Crippen molar-refractivity contribution in [2.24, 2.45) is 0 Å². The summed E-state index contributed by atoms with van der Waals surface area (Å²) in [6.07, 6.45) is 2.68. The summed E-state index contributed by atoms with van der Waals surface area (Å²) < 4.78 is 5.66. The molecule has 1 atom stereocenters. The number of likely N-dealkylation sites (tertiary alicyclic amines) is 1. The number of piperidine rings is 1. The highest BCUT2D eigenvalue weighted by Gasteiger charge is 2.37. The average Bonchev–Trinajstić information content (AvgIpc) is 2.99. The molecule has 6 nitrogen and oxygen atoms in total. The van der Waals surface area contributed by atoms with Gasteiger partial charge in [-0.15, -0.1) is 0 Å². The smallest absolute Gasteiger partial charge is 0.273 e. The summed E-state index contributed by atoms with van der Waals surface area (Å²) in [5.74, 6) is 0.436. The van der Waals surface area contributed by atoms with E-state index in [9.17, 15) is 9.90 Å². The van der Waals surface area contributed by atoms with Gasteiger partial charge in [-0.2, -0.15) is 5.10 Å². The quantitative estimate of drug-likeness (QED) is 0.897. The summed E-state index contributed by atoms with van der Waals surface area (Å²) in [6, 6.07) is 9.31. The number of β-amino-alcohol motifs (C(OH)–C–C–N with tert-alkyl or cyclic N) is 1. The standard InChI is InChI=1S/C16H18ClN3O3/c17-13-9-18-19-14(13)15(21)20-8-4-7-16(22,10-20)11-23-12-5-2-1-3-6-12/h1-3,5-6,9,22H,4,7-8,10-11H2,(H,18,19)/t16-/m0/s1. The molecule has 0 bridgehead atoms. The Morgan fingerprint density at radius 1 is 1.43 bits per heavy atom. The maximum absolute atomic E-state index is 12.5. The van der Waals surface area contributed by atoms with Crippen LogP contribution in [0.15, 0.2) is 36.5 Å². The van der Waals surface area contributed by atoms with Gasteiger partial charge in [0.05, 0.1) is 17.8 Å². The van der Waals surface area contributed by atoms with E-state index in [0.29, 0.717) is 25.1 Å². The highest BCUT2D eigenvalue weighted by Crippen LogP contribution is 2.25. The second-order valence-electron chi connectivity index (χ2n) is 5.75. The molecule has 1 aromatic heterocycles. The third-order valence-electron chi connectivity index (χ3n) is 3.90. The van der Waals surface area contributed by atoms with E-state index in [1.807, 2.05) is 30.3 Å². The summed E-state index contributed by atoms with van der Waals surface area (Å²) >= 11 is 5.94. The molecule has 7 heteroatoms. The summed E-state index contributed by atoms with van der Waals surface area (Å²) in [5, 5.41) is 17.4. The molecule has 1 aliphatic rings. The molecule has 0 saturated carbocycles. The number of hydrogen-bond donors (Lipinski definition) is 2. The van der Waals surface area contributed by atoms with Gasteiger partial charge in [-0.05, 0) is 25.0 Å². The number of benzene rings is 1. The Balaban J connectivity index is 1.65. The first kappa shape index (κ1) is 15.8. The molecule has 1 fully saturated rings. The molecule has 0 spiro atoms. The molecule has 1 aromatic carbocycles. The van der Waals surface area contributed by atoms with E-state index in [1.54, 1.807) is 4.90 Å². The van der Waals surface area contributed by atoms with Crippen molar-refractivity contribution in [3.8, 4) is 5.75 Å². The van der Waals surface area contributed by atoms with Crippen LogP contribution in [0, 0.1) is 0 Å². The Hall–Kier alpha value is -2.05. The predicted octanol–water partition coefficient (Wildman–Crippen LogP) is 2.11. The molecule has 0 radical (unpaired) electrons. The number of rotatable bonds is 4. The lowest BCUT2D eigenvalue weighted by atomic mass is 9.93. The third-order valence-corrected chi connectivity index (χ3v) is 4.19. The summed E-state index contributed by atoms with van der Waals surface area (Å²) in [6.45, 7) is 0.910. The van der Waals surface area contributed by atoms with E-state index in [1.165, 1.54) is 6.20 Å². The van der Waals surface area contributed by atoms with Crippen LogP contribution in [0.1, 0.15) is 23.3 Å². The number of aliphatic hydroxyl groups is 1. The number of carbonyl (C=O) groups is 1. The first-order chi connectivity index (χ1) is 11.1. The molecule has 3 rings (SSSR count). The minimum Gasteiger partial charge on any atom is -0.491 e. The highest BCUT2D eigenvalue weighted by molar-refractivity contribution is 6.33. The molecule has 2 heterocycles. The zero-order chi connectivity index (χ0) is 16.3. The minimum atomic E-state index is -1.07. The van der Waals surface area contributed by atoms with Gasteiger partial charge in [0, 0.05) is 6.54 Å². The number of aromatic amines is 1. The van der Waals surface area contributed by atoms with Crippen molar-refractivity contribution in [1.29, 1.82) is 0 Å². The molecule has 2 N–H and O–H groups in total. The fraction of sp³-hybridized carbons (Fsp3) is 0.375. The zero-order valence-electron chi connectivity index (χ0n) is 12.5. The van der Waals surface area contributed by atoms with Gasteiger partial charge >= 0.3 is 0 Å². The van der Waals surface area contributed by atoms with Gasteiger partial charge in [0.1, 0.15) is 23.7 Å². The van der Waals surface area contributed by atoms with E-state index >= 15 is 0 Å². The Morgan fingerprint density at radius 3 is 2.91 bits per heavy atom. The molecule has 1 amide bonds. The van der Waals surface area contributed by atoms with Crippen molar-refractivity contribution >= 4 is 17.5 Å². The molecule has 2 aromatic rings. The van der Waals surface area contributed by atoms with E-state index < -0.39 is 5.60 Å². The molecule has 0 aliphatic carbocycles. The first-order valence-electron chi connectivity index (χ1n) is 7.46. The van der Waals surface area contributed by atoms with Crippen molar-refractivity contribution in [2.75, 3.05) is 19.7 Å². The molecule has 1 saturated heterocycles. The lowest BCUT2D eigenvalue weighted by Gasteiger charge is -2.38. The number of halogens is 1. The number of amides is 1. The molecular weight excluding hydrogens is 318 g/mol. The van der Waals surface area contributed by atoms with Crippen LogP contribution in [0.4, 0.5) is 0 Å². The molecule has 122 valence electrons. The lowest BCUT2D eigenvalue weighted by Crippen LogP contribution is -2.53. The van der Waals surface area contributed by atoms with Crippen molar-refractivity contribution in [3.63, 3.8) is 0 Å². The fourth-order valence-electron chi connectivity index (χ4n) is 2.72. The van der Waals surface area contributed by atoms with Crippen LogP contribution < -0.4 is 4.74 Å². The Bertz CT molecular complexity index is 676. The van der Waals surface area contributed by atoms with Gasteiger partial charge in [0.25, 0.3) is 5.91 Å². The summed E-state index contributed by atoms with van der Waals surface area (Å²) in [7, 11) is 0. The maximum atomic E-state index is 12.5. The normalized spacial score (nSPS) is 21.2. The minimum absolute atomic E-state index is 0.136. The van der Waals surface area contributed by atoms with E-state index in [0.717, 1.165) is 0 Å². The Kier molecular flexibility index (Phi) is 4.54. The topological polar surface area (TPSA) is 78.5 Å². The van der Waals surface area contributed by atoms with Gasteiger partial charge in [-0.25, -0.2) is 0 Å². The van der Waals surface area contributed by atoms with Gasteiger partial charge in [0.15, 0.2) is 0 Å². The number of nitrogens with zero attached hydrogens (tertiary/aromatic N) is 2. The Labute approximate surface area is 139 Å². The van der Waals surface area contributed by atoms with Crippen LogP contribution >= 0.6 is 11.6 Å². The van der Waals surface area contributed by atoms with Gasteiger partial charge in [0.2, 0.25) is 0 Å². The molecule has 0 unspecified atom stereocenters. The van der Waals surface area contributed by atoms with Gasteiger partial charge < -0.3 is 14.7 Å². The van der Waals surface area contributed by atoms with E-state index in [4.69, 9.17) is 16.3 Å². The van der Waals surface area contributed by atoms with Crippen LogP contribution in [-0.4, -0.2) is 51.4 Å². The zero-order valence-corrected chi connectivity index (χ0v) is 13.3. The van der Waals surface area contributed by atoms with Gasteiger partial charge in [-0.1, -0.05) is 29.8 Å². The van der Waals surface area contributed by atoms with Crippen LogP contribution in [0.2, 0.25) is 5.02 Å². The number of para-hydroxylation sites is 1. The fourth-order valence-corrected chi connectivity index (χ4v) is 2.89. The van der Waals surface area contributed by atoms with Crippen LogP contribution in [-0.2, 0) is 0 Å². The third kappa shape index (κ3) is 3.65. The second-order valence-corrected chi connectivity index (χ2v) is 6.16. The molecule has 1 aliphatic heterocycles. The summed E-state index contributed by atoms with van der Waals surface area (Å²) in [5.41, 5.74) is -0.823. The predicted molar refractivity (Wildman–Crippen MR) is 85.6 cm³/mol. The van der Waals surface area contributed by atoms with Crippen LogP contribution in [0.25, 0.3) is 0 Å². The lowest BCUT2D eigenvalue weighted by molar-refractivity contribution is -0.0533. The van der Waals surface area contributed by atoms with Crippen molar-refractivity contribution in [3.05, 3.63) is 47.2 Å². The van der Waals surface area contributed by atoms with Gasteiger partial charge in [-0.3, -0.25) is 9.89 Å². The second kappa shape index (κ2) is 6.60. The van der Waals surface area contributed by atoms with Crippen molar-refractivity contribution in [2.45, 2.75) is 18.4 Å². The number of aromatic nitrogens is 2. The number of carbonyl (C=O) groups excluding carboxylic acids is 1. The number of H-pyrrole nitrogens is 1. The SMILES string of the molecule is O=C(c1[nH]ncc1Cl)N1CCC[C@@](O)(COc2ccccc2)C1. The van der Waals surface area contributed by atoms with Crippen LogP contribution in [0.5, 0.6) is 5.75 Å². The Morgan fingerprint density at radius 2 is 2.22 bits per heavy atom. The van der Waals surface area contributed by atoms with Crippen molar-refractivity contribution in [1.82, 2.24) is 15.1 Å². The summed E-state index contributed by atoms with van der Waals surface area (Å²) in [4.78, 5) is 14.0. The van der Waals surface area contributed by atoms with Crippen molar-refractivity contribution < 1.29 is 14.6 Å². The largest absolute Gasteiger partial charge is 0.491 e. The number of ether oxygens (including phenoxy) is 1. The van der Waals surface area contributed by atoms with E-state index in [-0.39, 0.29) is 29.8 Å². The van der Waals surface area contributed by atoms with Crippen LogP contribution in [0.3, 0.4) is 0 Å². The molecule has 23 heavy (non-hydrogen) atoms. The maximum Gasteiger partial charge on any atom is 0.273 e. The number of hydrogen-bond acceptors (Lipinski definition) is 4. The highest BCUT2D eigenvalue weighted by atomic mass is 35.5.